The first-order chi connectivity index (χ1) is 20.9. The number of imidazole rings is 1. The Morgan fingerprint density at radius 1 is 0.682 bits per heavy atom. The lowest BCUT2D eigenvalue weighted by atomic mass is 10.0. The maximum absolute atomic E-state index is 6.52. The van der Waals surface area contributed by atoms with Gasteiger partial charge in [-0.1, -0.05) is 76.2 Å². The molecular formula is C37H45BrN2O4. The lowest BCUT2D eigenvalue weighted by molar-refractivity contribution is -0.687. The van der Waals surface area contributed by atoms with Gasteiger partial charge in [-0.05, 0) is 36.8 Å². The van der Waals surface area contributed by atoms with Crippen molar-refractivity contribution < 1.29 is 40.5 Å². The van der Waals surface area contributed by atoms with Crippen molar-refractivity contribution in [3.05, 3.63) is 90.5 Å². The minimum atomic E-state index is 0. The molecule has 0 radical (unpaired) electrons. The molecule has 0 bridgehead atoms. The monoisotopic (exact) mass is 660 g/mol. The van der Waals surface area contributed by atoms with Crippen molar-refractivity contribution >= 4 is 21.5 Å². The SMILES string of the molecule is COc1cc(C[n+]2ccn(Cc3cc(OCCC(C)C)c4ccccc4c3OCCC(C)C)c2)c(OC)c2ccccc12.[Br-]. The van der Waals surface area contributed by atoms with E-state index in [4.69, 9.17) is 18.9 Å². The van der Waals surface area contributed by atoms with E-state index in [-0.39, 0.29) is 17.0 Å². The highest BCUT2D eigenvalue weighted by molar-refractivity contribution is 5.95. The first-order valence-corrected chi connectivity index (χ1v) is 15.4. The molecule has 0 aliphatic carbocycles. The predicted octanol–water partition coefficient (Wildman–Crippen LogP) is 5.05. The molecule has 0 spiro atoms. The normalized spacial score (nSPS) is 11.3. The van der Waals surface area contributed by atoms with Crippen molar-refractivity contribution in [2.24, 2.45) is 11.8 Å². The van der Waals surface area contributed by atoms with Gasteiger partial charge in [0.05, 0.1) is 27.4 Å². The molecule has 5 rings (SSSR count). The van der Waals surface area contributed by atoms with Gasteiger partial charge in [0.15, 0.2) is 0 Å². The fourth-order valence-corrected chi connectivity index (χ4v) is 5.50. The summed E-state index contributed by atoms with van der Waals surface area (Å²) >= 11 is 0. The molecule has 0 fully saturated rings. The molecule has 0 atom stereocenters. The zero-order chi connectivity index (χ0) is 30.3. The fraction of sp³-hybridized carbons (Fsp3) is 0.378. The summed E-state index contributed by atoms with van der Waals surface area (Å²) in [5, 5.41) is 4.27. The van der Waals surface area contributed by atoms with Gasteiger partial charge in [0.25, 0.3) is 0 Å². The van der Waals surface area contributed by atoms with Crippen molar-refractivity contribution in [3.8, 4) is 23.0 Å². The van der Waals surface area contributed by atoms with Crippen LogP contribution in [0.3, 0.4) is 0 Å². The van der Waals surface area contributed by atoms with Gasteiger partial charge in [-0.3, -0.25) is 0 Å². The van der Waals surface area contributed by atoms with Crippen LogP contribution in [0.5, 0.6) is 23.0 Å². The molecule has 0 aliphatic rings. The van der Waals surface area contributed by atoms with Gasteiger partial charge in [-0.15, -0.1) is 0 Å². The van der Waals surface area contributed by atoms with Crippen molar-refractivity contribution in [1.82, 2.24) is 4.57 Å². The predicted molar refractivity (Wildman–Crippen MR) is 174 cm³/mol. The highest BCUT2D eigenvalue weighted by Crippen LogP contribution is 2.38. The maximum Gasteiger partial charge on any atom is 0.244 e. The van der Waals surface area contributed by atoms with Crippen LogP contribution in [0.15, 0.2) is 79.4 Å². The van der Waals surface area contributed by atoms with Gasteiger partial charge >= 0.3 is 0 Å². The summed E-state index contributed by atoms with van der Waals surface area (Å²) in [6, 6.07) is 20.9. The zero-order valence-electron chi connectivity index (χ0n) is 26.8. The second-order valence-corrected chi connectivity index (χ2v) is 12.0. The molecule has 0 aliphatic heterocycles. The number of rotatable bonds is 14. The molecule has 234 valence electrons. The summed E-state index contributed by atoms with van der Waals surface area (Å²) in [5.74, 6) is 4.72. The maximum atomic E-state index is 6.52. The van der Waals surface area contributed by atoms with Gasteiger partial charge in [0, 0.05) is 32.7 Å². The summed E-state index contributed by atoms with van der Waals surface area (Å²) in [6.45, 7) is 11.6. The molecule has 0 amide bonds. The number of nitrogens with zero attached hydrogens (tertiary/aromatic N) is 2. The topological polar surface area (TPSA) is 45.7 Å². The molecule has 7 heteroatoms. The van der Waals surface area contributed by atoms with Gasteiger partial charge in [0.2, 0.25) is 6.33 Å². The Hall–Kier alpha value is -3.71. The third kappa shape index (κ3) is 7.68. The third-order valence-corrected chi connectivity index (χ3v) is 7.84. The summed E-state index contributed by atoms with van der Waals surface area (Å²) in [4.78, 5) is 0. The quantitative estimate of drug-likeness (QED) is 0.157. The van der Waals surface area contributed by atoms with Crippen LogP contribution in [0.1, 0.15) is 51.7 Å². The molecule has 6 nitrogen and oxygen atoms in total. The fourth-order valence-electron chi connectivity index (χ4n) is 5.50. The molecule has 0 saturated heterocycles. The van der Waals surface area contributed by atoms with E-state index < -0.39 is 0 Å². The lowest BCUT2D eigenvalue weighted by Gasteiger charge is -2.18. The zero-order valence-corrected chi connectivity index (χ0v) is 28.4. The number of ether oxygens (including phenoxy) is 4. The number of aromatic nitrogens is 2. The Labute approximate surface area is 272 Å². The molecule has 5 aromatic rings. The van der Waals surface area contributed by atoms with Crippen LogP contribution in [-0.4, -0.2) is 32.0 Å². The van der Waals surface area contributed by atoms with Crippen LogP contribution in [0.25, 0.3) is 21.5 Å². The van der Waals surface area contributed by atoms with E-state index in [1.54, 1.807) is 14.2 Å². The van der Waals surface area contributed by atoms with E-state index in [2.05, 4.69) is 104 Å². The summed E-state index contributed by atoms with van der Waals surface area (Å²) in [7, 11) is 3.45. The number of fused-ring (bicyclic) bond motifs is 2. The van der Waals surface area contributed by atoms with Gasteiger partial charge in [-0.25, -0.2) is 9.13 Å². The number of halogens is 1. The summed E-state index contributed by atoms with van der Waals surface area (Å²) in [5.41, 5.74) is 2.17. The Balaban J connectivity index is 0.00000442. The van der Waals surface area contributed by atoms with Crippen molar-refractivity contribution in [1.29, 1.82) is 0 Å². The average Bonchev–Trinajstić information content (AvgIpc) is 3.44. The van der Waals surface area contributed by atoms with E-state index in [1.807, 2.05) is 12.1 Å². The van der Waals surface area contributed by atoms with Gasteiger partial charge in [-0.2, -0.15) is 0 Å². The smallest absolute Gasteiger partial charge is 0.244 e. The lowest BCUT2D eigenvalue weighted by Crippen LogP contribution is -3.00. The largest absolute Gasteiger partial charge is 1.00 e. The molecule has 0 N–H and O–H groups in total. The number of methoxy groups -OCH3 is 2. The molecule has 4 aromatic carbocycles. The highest BCUT2D eigenvalue weighted by Gasteiger charge is 2.19. The van der Waals surface area contributed by atoms with Crippen LogP contribution >= 0.6 is 0 Å². The van der Waals surface area contributed by atoms with Crippen molar-refractivity contribution in [2.45, 2.75) is 53.6 Å². The van der Waals surface area contributed by atoms with Crippen LogP contribution in [0.4, 0.5) is 0 Å². The minimum Gasteiger partial charge on any atom is -1.00 e. The van der Waals surface area contributed by atoms with E-state index in [0.717, 1.165) is 68.5 Å². The number of hydrogen-bond acceptors (Lipinski definition) is 4. The minimum absolute atomic E-state index is 0. The molecular weight excluding hydrogens is 616 g/mol. The number of hydrogen-bond donors (Lipinski definition) is 0. The second kappa shape index (κ2) is 15.3. The van der Waals surface area contributed by atoms with Crippen molar-refractivity contribution in [2.75, 3.05) is 27.4 Å². The first-order valence-electron chi connectivity index (χ1n) is 15.4. The summed E-state index contributed by atoms with van der Waals surface area (Å²) < 4.78 is 28.9. The Bertz CT molecular complexity index is 1680. The Kier molecular flexibility index (Phi) is 11.6. The van der Waals surface area contributed by atoms with Crippen LogP contribution in [0.2, 0.25) is 0 Å². The highest BCUT2D eigenvalue weighted by atomic mass is 79.9. The third-order valence-electron chi connectivity index (χ3n) is 7.84. The first kappa shape index (κ1) is 33.2. The van der Waals surface area contributed by atoms with E-state index >= 15 is 0 Å². The van der Waals surface area contributed by atoms with Crippen LogP contribution in [-0.2, 0) is 13.1 Å². The van der Waals surface area contributed by atoms with Crippen molar-refractivity contribution in [3.63, 3.8) is 0 Å². The van der Waals surface area contributed by atoms with E-state index in [0.29, 0.717) is 38.1 Å². The average molecular weight is 662 g/mol. The Morgan fingerprint density at radius 2 is 1.25 bits per heavy atom. The standard InChI is InChI=1S/C37H45N2O4.BrH/c1-26(2)15-19-42-35-22-29(37(43-20-16-27(3)4)33-14-10-8-12-31(33)35)24-39-18-17-38(25-39)23-28-21-34(40-5)30-11-7-9-13-32(30)36(28)41-6;/h7-14,17-18,21-22,25-27H,15-16,19-20,23-24H2,1-6H3;1H/q+1;/p-1. The van der Waals surface area contributed by atoms with Gasteiger partial charge in [0.1, 0.15) is 48.5 Å². The summed E-state index contributed by atoms with van der Waals surface area (Å²) in [6.07, 6.45) is 8.35. The Morgan fingerprint density at radius 3 is 1.86 bits per heavy atom. The van der Waals surface area contributed by atoms with Crippen LogP contribution in [0, 0.1) is 11.8 Å². The molecule has 1 aromatic heterocycles. The molecule has 1 heterocycles. The molecule has 44 heavy (non-hydrogen) atoms. The van der Waals surface area contributed by atoms with Gasteiger partial charge < -0.3 is 35.9 Å². The molecule has 0 saturated carbocycles. The molecule has 0 unspecified atom stereocenters. The second-order valence-electron chi connectivity index (χ2n) is 12.0. The number of benzene rings is 4. The van der Waals surface area contributed by atoms with Crippen LogP contribution < -0.4 is 40.5 Å². The van der Waals surface area contributed by atoms with E-state index in [9.17, 15) is 0 Å². The van der Waals surface area contributed by atoms with E-state index in [1.165, 1.54) is 0 Å².